The van der Waals surface area contributed by atoms with Crippen molar-refractivity contribution < 1.29 is 19.0 Å². The molecule has 1 fully saturated rings. The van der Waals surface area contributed by atoms with E-state index in [1.807, 2.05) is 30.3 Å². The first-order chi connectivity index (χ1) is 14.3. The van der Waals surface area contributed by atoms with Gasteiger partial charge in [-0.25, -0.2) is 4.39 Å². The SMILES string of the molecule is C[C@H]1c2c(cc(F)c(Cl)c2Br)O[C@]1(CNC1CCC(C(=O)O)CC1)c1ccccc1. The Morgan fingerprint density at radius 3 is 2.60 bits per heavy atom. The summed E-state index contributed by atoms with van der Waals surface area (Å²) in [6, 6.07) is 11.5. The lowest BCUT2D eigenvalue weighted by atomic mass is 9.79. The maximum Gasteiger partial charge on any atom is 0.306 e. The Labute approximate surface area is 188 Å². The fraction of sp³-hybridized carbons (Fsp3) is 0.435. The zero-order chi connectivity index (χ0) is 21.5. The second kappa shape index (κ2) is 8.48. The van der Waals surface area contributed by atoms with E-state index in [0.29, 0.717) is 29.6 Å². The number of halogens is 3. The van der Waals surface area contributed by atoms with Crippen LogP contribution in [0.3, 0.4) is 0 Å². The Morgan fingerprint density at radius 1 is 1.30 bits per heavy atom. The summed E-state index contributed by atoms with van der Waals surface area (Å²) in [5.41, 5.74) is 1.15. The van der Waals surface area contributed by atoms with Crippen molar-refractivity contribution in [2.75, 3.05) is 6.54 Å². The summed E-state index contributed by atoms with van der Waals surface area (Å²) in [6.45, 7) is 2.60. The average molecular weight is 497 g/mol. The lowest BCUT2D eigenvalue weighted by molar-refractivity contribution is -0.142. The third kappa shape index (κ3) is 3.74. The van der Waals surface area contributed by atoms with E-state index in [-0.39, 0.29) is 22.9 Å². The summed E-state index contributed by atoms with van der Waals surface area (Å²) in [5.74, 6) is -1.06. The van der Waals surface area contributed by atoms with Crippen LogP contribution in [0.25, 0.3) is 0 Å². The van der Waals surface area contributed by atoms with Gasteiger partial charge in [0.25, 0.3) is 0 Å². The van der Waals surface area contributed by atoms with Crippen LogP contribution < -0.4 is 10.1 Å². The molecule has 2 aliphatic rings. The first kappa shape index (κ1) is 21.6. The molecule has 1 saturated carbocycles. The smallest absolute Gasteiger partial charge is 0.306 e. The van der Waals surface area contributed by atoms with E-state index in [1.165, 1.54) is 6.07 Å². The van der Waals surface area contributed by atoms with Crippen LogP contribution in [0.1, 0.15) is 49.7 Å². The summed E-state index contributed by atoms with van der Waals surface area (Å²) in [7, 11) is 0. The van der Waals surface area contributed by atoms with E-state index in [4.69, 9.17) is 16.3 Å². The topological polar surface area (TPSA) is 58.6 Å². The zero-order valence-electron chi connectivity index (χ0n) is 16.6. The molecule has 30 heavy (non-hydrogen) atoms. The Morgan fingerprint density at radius 2 is 1.97 bits per heavy atom. The molecule has 0 saturated heterocycles. The average Bonchev–Trinajstić information content (AvgIpc) is 3.04. The molecule has 0 unspecified atom stereocenters. The number of rotatable bonds is 5. The minimum atomic E-state index is -0.715. The molecule has 1 aliphatic carbocycles. The predicted molar refractivity (Wildman–Crippen MR) is 118 cm³/mol. The van der Waals surface area contributed by atoms with Gasteiger partial charge in [-0.05, 0) is 47.2 Å². The van der Waals surface area contributed by atoms with Gasteiger partial charge in [-0.15, -0.1) is 0 Å². The van der Waals surface area contributed by atoms with Gasteiger partial charge in [-0.1, -0.05) is 48.9 Å². The van der Waals surface area contributed by atoms with Gasteiger partial charge in [0.1, 0.15) is 11.6 Å². The Bertz CT molecular complexity index is 949. The first-order valence-electron chi connectivity index (χ1n) is 10.2. The molecule has 1 aliphatic heterocycles. The monoisotopic (exact) mass is 495 g/mol. The van der Waals surface area contributed by atoms with Gasteiger partial charge in [-0.3, -0.25) is 4.79 Å². The van der Waals surface area contributed by atoms with E-state index >= 15 is 0 Å². The Kier molecular flexibility index (Phi) is 6.11. The third-order valence-corrected chi connectivity index (χ3v) is 8.00. The summed E-state index contributed by atoms with van der Waals surface area (Å²) < 4.78 is 21.3. The number of carbonyl (C=O) groups is 1. The molecular formula is C23H24BrClFNO3. The standard InChI is InChI=1S/C23H24BrClFNO3/c1-13-19-18(11-17(26)21(25)20(19)24)30-23(13,15-5-3-2-4-6-15)12-27-16-9-7-14(8-10-16)22(28)29/h2-6,11,13-14,16,27H,7-10,12H2,1H3,(H,28,29)/t13-,14?,16?,23-/m0/s1. The number of hydrogen-bond donors (Lipinski definition) is 2. The summed E-state index contributed by atoms with van der Waals surface area (Å²) in [4.78, 5) is 11.2. The maximum absolute atomic E-state index is 14.3. The van der Waals surface area contributed by atoms with Crippen molar-refractivity contribution in [2.24, 2.45) is 5.92 Å². The second-order valence-corrected chi connectivity index (χ2v) is 9.42. The van der Waals surface area contributed by atoms with E-state index < -0.39 is 17.4 Å². The van der Waals surface area contributed by atoms with Gasteiger partial charge in [-0.2, -0.15) is 0 Å². The van der Waals surface area contributed by atoms with Gasteiger partial charge in [0.15, 0.2) is 5.60 Å². The highest BCUT2D eigenvalue weighted by atomic mass is 79.9. The first-order valence-corrected chi connectivity index (χ1v) is 11.4. The fourth-order valence-corrected chi connectivity index (χ4v) is 5.64. The van der Waals surface area contributed by atoms with E-state index in [2.05, 4.69) is 28.2 Å². The van der Waals surface area contributed by atoms with Gasteiger partial charge >= 0.3 is 5.97 Å². The highest BCUT2D eigenvalue weighted by Crippen LogP contribution is 2.54. The Balaban J connectivity index is 1.62. The molecule has 0 aromatic heterocycles. The molecule has 0 bridgehead atoms. The van der Waals surface area contributed by atoms with Crippen LogP contribution in [-0.2, 0) is 10.4 Å². The molecule has 4 nitrogen and oxygen atoms in total. The third-order valence-electron chi connectivity index (χ3n) is 6.58. The van der Waals surface area contributed by atoms with Crippen LogP contribution in [0, 0.1) is 11.7 Å². The van der Waals surface area contributed by atoms with Crippen molar-refractivity contribution in [2.45, 2.75) is 50.2 Å². The van der Waals surface area contributed by atoms with Crippen LogP contribution in [0.4, 0.5) is 4.39 Å². The van der Waals surface area contributed by atoms with Crippen LogP contribution in [-0.4, -0.2) is 23.7 Å². The molecule has 2 atom stereocenters. The number of carboxylic acid groups (broad SMARTS) is 1. The maximum atomic E-state index is 14.3. The summed E-state index contributed by atoms with van der Waals surface area (Å²) in [5, 5.41) is 12.9. The number of carboxylic acids is 1. The van der Waals surface area contributed by atoms with E-state index in [0.717, 1.165) is 24.0 Å². The number of benzene rings is 2. The number of fused-ring (bicyclic) bond motifs is 1. The minimum absolute atomic E-state index is 0.0630. The minimum Gasteiger partial charge on any atom is -0.481 e. The highest BCUT2D eigenvalue weighted by molar-refractivity contribution is 9.10. The second-order valence-electron chi connectivity index (χ2n) is 8.25. The van der Waals surface area contributed by atoms with Crippen LogP contribution >= 0.6 is 27.5 Å². The van der Waals surface area contributed by atoms with Gasteiger partial charge in [0.05, 0.1) is 10.9 Å². The van der Waals surface area contributed by atoms with Gasteiger partial charge < -0.3 is 15.2 Å². The van der Waals surface area contributed by atoms with E-state index in [1.54, 1.807) is 0 Å². The molecule has 1 heterocycles. The van der Waals surface area contributed by atoms with Crippen LogP contribution in [0.15, 0.2) is 40.9 Å². The lowest BCUT2D eigenvalue weighted by Crippen LogP contribution is -2.48. The number of hydrogen-bond acceptors (Lipinski definition) is 3. The van der Waals surface area contributed by atoms with E-state index in [9.17, 15) is 14.3 Å². The molecule has 0 spiro atoms. The van der Waals surface area contributed by atoms with Gasteiger partial charge in [0, 0.05) is 34.6 Å². The predicted octanol–water partition coefficient (Wildman–Crippen LogP) is 5.87. The molecule has 160 valence electrons. The van der Waals surface area contributed by atoms with Gasteiger partial charge in [0.2, 0.25) is 0 Å². The van der Waals surface area contributed by atoms with Crippen molar-refractivity contribution in [3.63, 3.8) is 0 Å². The van der Waals surface area contributed by atoms with Crippen LogP contribution in [0.5, 0.6) is 5.75 Å². The summed E-state index contributed by atoms with van der Waals surface area (Å²) >= 11 is 9.63. The molecule has 2 aromatic rings. The number of aliphatic carboxylic acids is 1. The van der Waals surface area contributed by atoms with Crippen LogP contribution in [0.2, 0.25) is 5.02 Å². The molecule has 2 N–H and O–H groups in total. The highest BCUT2D eigenvalue weighted by Gasteiger charge is 2.49. The molecule has 2 aromatic carbocycles. The largest absolute Gasteiger partial charge is 0.481 e. The summed E-state index contributed by atoms with van der Waals surface area (Å²) in [6.07, 6.45) is 2.98. The molecule has 4 rings (SSSR count). The van der Waals surface area contributed by atoms with Crippen molar-refractivity contribution in [3.05, 3.63) is 62.8 Å². The molecule has 0 amide bonds. The van der Waals surface area contributed by atoms with Crippen molar-refractivity contribution in [1.82, 2.24) is 5.32 Å². The molecule has 0 radical (unpaired) electrons. The van der Waals surface area contributed by atoms with Crippen molar-refractivity contribution in [3.8, 4) is 5.75 Å². The number of nitrogens with one attached hydrogen (secondary N) is 1. The number of ether oxygens (including phenoxy) is 1. The fourth-order valence-electron chi connectivity index (χ4n) is 4.75. The molecular weight excluding hydrogens is 473 g/mol. The van der Waals surface area contributed by atoms with Crippen molar-refractivity contribution in [1.29, 1.82) is 0 Å². The molecule has 7 heteroatoms. The Hall–Kier alpha value is -1.63. The van der Waals surface area contributed by atoms with Crippen molar-refractivity contribution >= 4 is 33.5 Å². The normalized spacial score (nSPS) is 28.1. The quantitative estimate of drug-likeness (QED) is 0.509. The zero-order valence-corrected chi connectivity index (χ0v) is 19.0. The lowest BCUT2D eigenvalue weighted by Gasteiger charge is -2.37.